The predicted molar refractivity (Wildman–Crippen MR) is 86.1 cm³/mol. The van der Waals surface area contributed by atoms with Gasteiger partial charge in [0, 0.05) is 10.9 Å². The van der Waals surface area contributed by atoms with Gasteiger partial charge in [0.15, 0.2) is 0 Å². The SMILES string of the molecule is Cc1nn(C(C)C)c(C)c1NC(C)c1ccc(Br)s1. The van der Waals surface area contributed by atoms with Crippen molar-refractivity contribution in [1.82, 2.24) is 9.78 Å². The molecule has 0 aliphatic rings. The molecule has 19 heavy (non-hydrogen) atoms. The minimum Gasteiger partial charge on any atom is -0.375 e. The van der Waals surface area contributed by atoms with E-state index in [-0.39, 0.29) is 0 Å². The summed E-state index contributed by atoms with van der Waals surface area (Å²) in [5.41, 5.74) is 3.43. The number of anilines is 1. The number of halogens is 1. The average molecular weight is 342 g/mol. The van der Waals surface area contributed by atoms with Crippen LogP contribution in [0.5, 0.6) is 0 Å². The second-order valence-corrected chi connectivity index (χ2v) is 7.59. The maximum absolute atomic E-state index is 4.61. The van der Waals surface area contributed by atoms with E-state index < -0.39 is 0 Å². The summed E-state index contributed by atoms with van der Waals surface area (Å²) in [5.74, 6) is 0. The monoisotopic (exact) mass is 341 g/mol. The van der Waals surface area contributed by atoms with Crippen LogP contribution in [0.3, 0.4) is 0 Å². The number of rotatable bonds is 4. The lowest BCUT2D eigenvalue weighted by molar-refractivity contribution is 0.516. The highest BCUT2D eigenvalue weighted by Crippen LogP contribution is 2.31. The van der Waals surface area contributed by atoms with Crippen molar-refractivity contribution < 1.29 is 0 Å². The van der Waals surface area contributed by atoms with E-state index in [0.717, 1.165) is 11.4 Å². The maximum atomic E-state index is 4.61. The third-order valence-electron chi connectivity index (χ3n) is 3.20. The first-order chi connectivity index (χ1) is 8.90. The van der Waals surface area contributed by atoms with Crippen LogP contribution in [0.2, 0.25) is 0 Å². The molecule has 0 saturated heterocycles. The van der Waals surface area contributed by atoms with Gasteiger partial charge in [-0.3, -0.25) is 4.68 Å². The van der Waals surface area contributed by atoms with Gasteiger partial charge >= 0.3 is 0 Å². The van der Waals surface area contributed by atoms with Gasteiger partial charge in [-0.15, -0.1) is 11.3 Å². The molecule has 1 N–H and O–H groups in total. The fourth-order valence-corrected chi connectivity index (χ4v) is 3.65. The van der Waals surface area contributed by atoms with E-state index in [9.17, 15) is 0 Å². The summed E-state index contributed by atoms with van der Waals surface area (Å²) in [6, 6.07) is 4.93. The summed E-state index contributed by atoms with van der Waals surface area (Å²) in [7, 11) is 0. The third-order valence-corrected chi connectivity index (χ3v) is 5.00. The van der Waals surface area contributed by atoms with E-state index in [0.29, 0.717) is 12.1 Å². The summed E-state index contributed by atoms with van der Waals surface area (Å²) in [4.78, 5) is 1.32. The van der Waals surface area contributed by atoms with Crippen LogP contribution >= 0.6 is 27.3 Å². The Morgan fingerprint density at radius 2 is 1.95 bits per heavy atom. The van der Waals surface area contributed by atoms with E-state index >= 15 is 0 Å². The zero-order valence-corrected chi connectivity index (χ0v) is 14.4. The number of thiophene rings is 1. The molecule has 104 valence electrons. The Morgan fingerprint density at radius 1 is 1.26 bits per heavy atom. The van der Waals surface area contributed by atoms with Crippen LogP contribution in [0, 0.1) is 13.8 Å². The van der Waals surface area contributed by atoms with E-state index in [4.69, 9.17) is 0 Å². The van der Waals surface area contributed by atoms with Crippen molar-refractivity contribution in [2.24, 2.45) is 0 Å². The molecule has 2 rings (SSSR count). The first-order valence-electron chi connectivity index (χ1n) is 6.47. The van der Waals surface area contributed by atoms with E-state index in [1.165, 1.54) is 14.4 Å². The van der Waals surface area contributed by atoms with Crippen molar-refractivity contribution in [2.75, 3.05) is 5.32 Å². The molecule has 0 fully saturated rings. The molecule has 2 aromatic heterocycles. The molecular weight excluding hydrogens is 322 g/mol. The Bertz CT molecular complexity index is 571. The Hall–Kier alpha value is -0.810. The second kappa shape index (κ2) is 5.67. The minimum absolute atomic E-state index is 0.290. The highest BCUT2D eigenvalue weighted by Gasteiger charge is 2.16. The van der Waals surface area contributed by atoms with Crippen LogP contribution in [-0.2, 0) is 0 Å². The quantitative estimate of drug-likeness (QED) is 0.840. The molecule has 2 aromatic rings. The molecule has 5 heteroatoms. The van der Waals surface area contributed by atoms with Gasteiger partial charge in [0.2, 0.25) is 0 Å². The van der Waals surface area contributed by atoms with Crippen LogP contribution < -0.4 is 5.32 Å². The maximum Gasteiger partial charge on any atom is 0.0828 e. The highest BCUT2D eigenvalue weighted by atomic mass is 79.9. The van der Waals surface area contributed by atoms with Gasteiger partial charge in [-0.2, -0.15) is 5.10 Å². The van der Waals surface area contributed by atoms with Gasteiger partial charge in [-0.1, -0.05) is 0 Å². The second-order valence-electron chi connectivity index (χ2n) is 5.09. The topological polar surface area (TPSA) is 29.9 Å². The molecule has 1 atom stereocenters. The number of nitrogens with one attached hydrogen (secondary N) is 1. The molecule has 0 amide bonds. The van der Waals surface area contributed by atoms with Crippen LogP contribution in [0.15, 0.2) is 15.9 Å². The van der Waals surface area contributed by atoms with Crippen molar-refractivity contribution in [1.29, 1.82) is 0 Å². The van der Waals surface area contributed by atoms with Crippen molar-refractivity contribution in [2.45, 2.75) is 46.7 Å². The molecule has 0 aromatic carbocycles. The molecule has 1 unspecified atom stereocenters. The number of aromatic nitrogens is 2. The van der Waals surface area contributed by atoms with Gasteiger partial charge in [0.05, 0.1) is 26.9 Å². The summed E-state index contributed by atoms with van der Waals surface area (Å²) < 4.78 is 3.25. The fourth-order valence-electron chi connectivity index (χ4n) is 2.22. The molecule has 0 aliphatic carbocycles. The molecule has 0 aliphatic heterocycles. The lowest BCUT2D eigenvalue weighted by Crippen LogP contribution is -2.08. The number of nitrogens with zero attached hydrogens (tertiary/aromatic N) is 2. The van der Waals surface area contributed by atoms with Crippen LogP contribution in [-0.4, -0.2) is 9.78 Å². The molecule has 0 radical (unpaired) electrons. The minimum atomic E-state index is 0.290. The Kier molecular flexibility index (Phi) is 4.36. The summed E-state index contributed by atoms with van der Waals surface area (Å²) >= 11 is 5.28. The van der Waals surface area contributed by atoms with Crippen molar-refractivity contribution in [3.63, 3.8) is 0 Å². The zero-order chi connectivity index (χ0) is 14.2. The molecule has 0 bridgehead atoms. The number of hydrogen-bond donors (Lipinski definition) is 1. The molecule has 3 nitrogen and oxygen atoms in total. The van der Waals surface area contributed by atoms with Crippen LogP contribution in [0.1, 0.15) is 49.1 Å². The van der Waals surface area contributed by atoms with Gasteiger partial charge in [0.25, 0.3) is 0 Å². The van der Waals surface area contributed by atoms with Crippen LogP contribution in [0.25, 0.3) is 0 Å². The van der Waals surface area contributed by atoms with Gasteiger partial charge in [-0.25, -0.2) is 0 Å². The summed E-state index contributed by atoms with van der Waals surface area (Å²) in [6.45, 7) is 10.7. The molecular formula is C14H20BrN3S. The number of aryl methyl sites for hydroxylation is 1. The molecule has 2 heterocycles. The largest absolute Gasteiger partial charge is 0.375 e. The highest BCUT2D eigenvalue weighted by molar-refractivity contribution is 9.11. The normalized spacial score (nSPS) is 13.0. The van der Waals surface area contributed by atoms with Crippen molar-refractivity contribution in [3.8, 4) is 0 Å². The number of hydrogen-bond acceptors (Lipinski definition) is 3. The zero-order valence-electron chi connectivity index (χ0n) is 12.0. The lowest BCUT2D eigenvalue weighted by atomic mass is 10.2. The third kappa shape index (κ3) is 3.03. The van der Waals surface area contributed by atoms with Crippen LogP contribution in [0.4, 0.5) is 5.69 Å². The standard InChI is InChI=1S/C14H20BrN3S/c1-8(2)18-11(5)14(10(4)17-18)16-9(3)12-6-7-13(15)19-12/h6-9,16H,1-5H3. The van der Waals surface area contributed by atoms with Crippen molar-refractivity contribution >= 4 is 33.0 Å². The average Bonchev–Trinajstić information content (AvgIpc) is 2.87. The Morgan fingerprint density at radius 3 is 2.42 bits per heavy atom. The Balaban J connectivity index is 2.24. The fraction of sp³-hybridized carbons (Fsp3) is 0.500. The molecule has 0 spiro atoms. The van der Waals surface area contributed by atoms with Gasteiger partial charge in [-0.05, 0) is 62.7 Å². The van der Waals surface area contributed by atoms with Gasteiger partial charge in [0.1, 0.15) is 0 Å². The summed E-state index contributed by atoms with van der Waals surface area (Å²) in [5, 5.41) is 8.20. The van der Waals surface area contributed by atoms with Gasteiger partial charge < -0.3 is 5.32 Å². The first-order valence-corrected chi connectivity index (χ1v) is 8.08. The predicted octanol–water partition coefficient (Wildman–Crippen LogP) is 5.08. The molecule has 0 saturated carbocycles. The van der Waals surface area contributed by atoms with E-state index in [2.05, 4.69) is 77.8 Å². The van der Waals surface area contributed by atoms with Crippen molar-refractivity contribution in [3.05, 3.63) is 32.2 Å². The lowest BCUT2D eigenvalue weighted by Gasteiger charge is -2.15. The van der Waals surface area contributed by atoms with E-state index in [1.807, 2.05) is 0 Å². The first kappa shape index (κ1) is 14.6. The van der Waals surface area contributed by atoms with E-state index in [1.54, 1.807) is 11.3 Å². The smallest absolute Gasteiger partial charge is 0.0828 e. The Labute approximate surface area is 127 Å². The summed E-state index contributed by atoms with van der Waals surface area (Å²) in [6.07, 6.45) is 0.